The Kier molecular flexibility index (Phi) is 11.0. The molecule has 12 heteroatoms. The summed E-state index contributed by atoms with van der Waals surface area (Å²) in [6, 6.07) is 14.3. The van der Waals surface area contributed by atoms with Crippen LogP contribution in [0.15, 0.2) is 48.5 Å². The molecule has 0 unspecified atom stereocenters. The Morgan fingerprint density at radius 1 is 1.00 bits per heavy atom. The fraction of sp³-hybridized carbons (Fsp3) is 0.464. The molecule has 12 nitrogen and oxygen atoms in total. The average molecular weight is 555 g/mol. The van der Waals surface area contributed by atoms with Gasteiger partial charge >= 0.3 is 12.1 Å². The molecule has 3 rings (SSSR count). The number of nitrogens with one attached hydrogen (secondary N) is 2. The summed E-state index contributed by atoms with van der Waals surface area (Å²) < 4.78 is 18.2. The normalized spacial score (nSPS) is 12.2. The van der Waals surface area contributed by atoms with E-state index >= 15 is 0 Å². The van der Waals surface area contributed by atoms with E-state index < -0.39 is 17.7 Å². The highest BCUT2D eigenvalue weighted by Crippen LogP contribution is 2.18. The van der Waals surface area contributed by atoms with Crippen molar-refractivity contribution in [1.29, 1.82) is 0 Å². The van der Waals surface area contributed by atoms with Gasteiger partial charge in [-0.25, -0.2) is 4.79 Å². The van der Waals surface area contributed by atoms with Crippen molar-refractivity contribution >= 4 is 23.6 Å². The Bertz CT molecular complexity index is 1270. The number of rotatable bonds is 14. The minimum atomic E-state index is -1.13. The van der Waals surface area contributed by atoms with E-state index in [1.165, 1.54) is 0 Å². The molecule has 0 fully saturated rings. The number of esters is 1. The van der Waals surface area contributed by atoms with E-state index in [0.717, 1.165) is 5.56 Å². The van der Waals surface area contributed by atoms with E-state index in [0.29, 0.717) is 30.2 Å². The Morgan fingerprint density at radius 2 is 1.75 bits per heavy atom. The minimum Gasteiger partial charge on any atom is -0.465 e. The molecule has 2 amide bonds. The van der Waals surface area contributed by atoms with Crippen LogP contribution in [-0.4, -0.2) is 57.9 Å². The summed E-state index contributed by atoms with van der Waals surface area (Å²) in [5.41, 5.74) is 6.98. The number of nitrogens with zero attached hydrogens (tertiary/aromatic N) is 3. The molecular weight excluding hydrogens is 516 g/mol. The van der Waals surface area contributed by atoms with Crippen molar-refractivity contribution in [3.8, 4) is 0 Å². The molecule has 2 aromatic heterocycles. The molecule has 40 heavy (non-hydrogen) atoms. The van der Waals surface area contributed by atoms with Crippen molar-refractivity contribution in [3.63, 3.8) is 0 Å². The maximum Gasteiger partial charge on any atom is 0.407 e. The molecule has 0 saturated carbocycles. The van der Waals surface area contributed by atoms with Crippen molar-refractivity contribution in [2.24, 2.45) is 11.7 Å². The zero-order valence-electron chi connectivity index (χ0n) is 23.4. The van der Waals surface area contributed by atoms with E-state index in [-0.39, 0.29) is 44.2 Å². The number of carbonyl (C=O) groups excluding carboxylic acids is 3. The lowest BCUT2D eigenvalue weighted by Gasteiger charge is -2.24. The van der Waals surface area contributed by atoms with Crippen molar-refractivity contribution in [2.75, 3.05) is 19.8 Å². The van der Waals surface area contributed by atoms with Crippen LogP contribution in [0.2, 0.25) is 0 Å². The molecule has 0 aliphatic heterocycles. The Labute approximate surface area is 233 Å². The molecule has 0 aliphatic carbocycles. The first-order valence-electron chi connectivity index (χ1n) is 13.2. The number of pyridine rings is 1. The highest BCUT2D eigenvalue weighted by Gasteiger charge is 2.28. The quantitative estimate of drug-likeness (QED) is 0.201. The summed E-state index contributed by atoms with van der Waals surface area (Å²) in [6.07, 6.45) is -0.164. The van der Waals surface area contributed by atoms with Crippen LogP contribution >= 0.6 is 0 Å². The zero-order chi connectivity index (χ0) is 29.1. The third-order valence-electron chi connectivity index (χ3n) is 5.79. The Morgan fingerprint density at radius 3 is 2.45 bits per heavy atom. The van der Waals surface area contributed by atoms with Crippen molar-refractivity contribution < 1.29 is 28.6 Å². The first-order chi connectivity index (χ1) is 19.1. The van der Waals surface area contributed by atoms with Crippen molar-refractivity contribution in [2.45, 2.75) is 58.9 Å². The lowest BCUT2D eigenvalue weighted by atomic mass is 10.1. The van der Waals surface area contributed by atoms with Gasteiger partial charge in [0.1, 0.15) is 12.6 Å². The van der Waals surface area contributed by atoms with Crippen LogP contribution in [0.1, 0.15) is 57.2 Å². The molecule has 216 valence electrons. The number of alkyl carbamates (subject to hydrolysis) is 1. The SMILES string of the molecule is CC(C)C(=O)OCCCNC(=O)OCc1cccc2nnc([C@@H](COCc3ccccc3)NC(=O)C(C)(C)N)n12. The van der Waals surface area contributed by atoms with Gasteiger partial charge in [-0.2, -0.15) is 0 Å². The van der Waals surface area contributed by atoms with Crippen LogP contribution in [-0.2, 0) is 37.0 Å². The van der Waals surface area contributed by atoms with Gasteiger partial charge < -0.3 is 30.6 Å². The van der Waals surface area contributed by atoms with Crippen molar-refractivity contribution in [1.82, 2.24) is 25.2 Å². The van der Waals surface area contributed by atoms with Crippen LogP contribution in [0.3, 0.4) is 0 Å². The number of hydrogen-bond acceptors (Lipinski definition) is 9. The molecule has 0 aliphatic rings. The van der Waals surface area contributed by atoms with E-state index in [2.05, 4.69) is 20.8 Å². The highest BCUT2D eigenvalue weighted by molar-refractivity contribution is 5.85. The van der Waals surface area contributed by atoms with Crippen LogP contribution in [0.5, 0.6) is 0 Å². The second-order valence-corrected chi connectivity index (χ2v) is 10.2. The zero-order valence-corrected chi connectivity index (χ0v) is 23.4. The van der Waals surface area contributed by atoms with E-state index in [4.69, 9.17) is 19.9 Å². The van der Waals surface area contributed by atoms with E-state index in [9.17, 15) is 14.4 Å². The van der Waals surface area contributed by atoms with Crippen LogP contribution in [0.4, 0.5) is 4.79 Å². The molecule has 0 saturated heterocycles. The third kappa shape index (κ3) is 9.02. The number of ether oxygens (including phenoxy) is 3. The standard InChI is InChI=1S/C28H38N6O6/c1-19(2)25(35)39-15-9-14-30-27(37)40-17-21-12-8-13-23-32-33-24(34(21)23)22(31-26(36)28(3,4)29)18-38-16-20-10-6-5-7-11-20/h5-8,10-13,19,22H,9,14-18,29H2,1-4H3,(H,30,37)(H,31,36)/t22-/m1/s1. The largest absolute Gasteiger partial charge is 0.465 e. The number of aromatic nitrogens is 3. The number of benzene rings is 1. The Hall–Kier alpha value is -4.03. The third-order valence-corrected chi connectivity index (χ3v) is 5.79. The number of fused-ring (bicyclic) bond motifs is 1. The summed E-state index contributed by atoms with van der Waals surface area (Å²) in [7, 11) is 0. The molecule has 0 radical (unpaired) electrons. The lowest BCUT2D eigenvalue weighted by molar-refractivity contribution is -0.147. The van der Waals surface area contributed by atoms with Gasteiger partial charge in [0.05, 0.1) is 37.0 Å². The minimum absolute atomic E-state index is 0.0789. The summed E-state index contributed by atoms with van der Waals surface area (Å²) in [5, 5.41) is 14.1. The van der Waals surface area contributed by atoms with E-state index in [1.54, 1.807) is 50.3 Å². The first kappa shape index (κ1) is 30.5. The monoisotopic (exact) mass is 554 g/mol. The van der Waals surface area contributed by atoms with E-state index in [1.807, 2.05) is 30.3 Å². The summed E-state index contributed by atoms with van der Waals surface area (Å²) >= 11 is 0. The molecule has 1 aromatic carbocycles. The second-order valence-electron chi connectivity index (χ2n) is 10.2. The average Bonchev–Trinajstić information content (AvgIpc) is 3.35. The number of amides is 2. The van der Waals surface area contributed by atoms with Gasteiger partial charge in [0.15, 0.2) is 11.5 Å². The lowest BCUT2D eigenvalue weighted by Crippen LogP contribution is -2.51. The predicted molar refractivity (Wildman–Crippen MR) is 147 cm³/mol. The fourth-order valence-corrected chi connectivity index (χ4v) is 3.56. The maximum atomic E-state index is 12.8. The molecule has 0 spiro atoms. The van der Waals surface area contributed by atoms with Gasteiger partial charge in [-0.1, -0.05) is 50.2 Å². The summed E-state index contributed by atoms with van der Waals surface area (Å²) in [6.45, 7) is 7.59. The Balaban J connectivity index is 1.68. The number of carbonyl (C=O) groups is 3. The fourth-order valence-electron chi connectivity index (χ4n) is 3.56. The van der Waals surface area contributed by atoms with Gasteiger partial charge in [-0.05, 0) is 38.0 Å². The van der Waals surface area contributed by atoms with Crippen LogP contribution < -0.4 is 16.4 Å². The summed E-state index contributed by atoms with van der Waals surface area (Å²) in [4.78, 5) is 36.6. The molecule has 1 atom stereocenters. The molecule has 2 heterocycles. The first-order valence-corrected chi connectivity index (χ1v) is 13.2. The smallest absolute Gasteiger partial charge is 0.407 e. The summed E-state index contributed by atoms with van der Waals surface area (Å²) in [5.74, 6) is -0.458. The van der Waals surface area contributed by atoms with Gasteiger partial charge in [0.2, 0.25) is 5.91 Å². The predicted octanol–water partition coefficient (Wildman–Crippen LogP) is 2.66. The van der Waals surface area contributed by atoms with Crippen LogP contribution in [0, 0.1) is 5.92 Å². The molecule has 0 bridgehead atoms. The van der Waals surface area contributed by atoms with Gasteiger partial charge in [-0.15, -0.1) is 10.2 Å². The van der Waals surface area contributed by atoms with Crippen molar-refractivity contribution in [3.05, 3.63) is 65.6 Å². The van der Waals surface area contributed by atoms with Gasteiger partial charge in [0, 0.05) is 6.54 Å². The number of nitrogens with two attached hydrogens (primary N) is 1. The molecule has 3 aromatic rings. The maximum absolute atomic E-state index is 12.8. The molecular formula is C28H38N6O6. The van der Waals surface area contributed by atoms with Gasteiger partial charge in [-0.3, -0.25) is 14.0 Å². The molecule has 4 N–H and O–H groups in total. The van der Waals surface area contributed by atoms with Gasteiger partial charge in [0.25, 0.3) is 0 Å². The highest BCUT2D eigenvalue weighted by atomic mass is 16.5. The topological polar surface area (TPSA) is 159 Å². The van der Waals surface area contributed by atoms with Crippen LogP contribution in [0.25, 0.3) is 5.65 Å². The second kappa shape index (κ2) is 14.4. The number of hydrogen-bond donors (Lipinski definition) is 3.